The highest BCUT2D eigenvalue weighted by atomic mass is 32.2. The van der Waals surface area contributed by atoms with E-state index in [1.54, 1.807) is 5.41 Å². The van der Waals surface area contributed by atoms with Gasteiger partial charge in [0.1, 0.15) is 0 Å². The molecular formula is C13H18O2S. The van der Waals surface area contributed by atoms with Crippen LogP contribution in [-0.4, -0.2) is 15.9 Å². The minimum atomic E-state index is -1.07. The van der Waals surface area contributed by atoms with E-state index in [-0.39, 0.29) is 6.61 Å². The van der Waals surface area contributed by atoms with Crippen molar-refractivity contribution >= 4 is 10.8 Å². The van der Waals surface area contributed by atoms with Crippen LogP contribution in [0.3, 0.4) is 0 Å². The maximum atomic E-state index is 11.9. The van der Waals surface area contributed by atoms with E-state index in [9.17, 15) is 4.21 Å². The van der Waals surface area contributed by atoms with Crippen LogP contribution < -0.4 is 0 Å². The number of allylic oxidation sites excluding steroid dienone is 1. The van der Waals surface area contributed by atoms with Crippen LogP contribution in [0.4, 0.5) is 0 Å². The van der Waals surface area contributed by atoms with Crippen molar-refractivity contribution in [3.8, 4) is 0 Å². The van der Waals surface area contributed by atoms with Gasteiger partial charge in [-0.2, -0.15) is 0 Å². The highest BCUT2D eigenvalue weighted by Gasteiger charge is 2.00. The Morgan fingerprint density at radius 3 is 2.56 bits per heavy atom. The normalized spacial score (nSPS) is 13.8. The fraction of sp³-hybridized carbons (Fsp3) is 0.385. The van der Waals surface area contributed by atoms with Crippen molar-refractivity contribution in [2.75, 3.05) is 6.61 Å². The Kier molecular flexibility index (Phi) is 5.43. The summed E-state index contributed by atoms with van der Waals surface area (Å²) in [5.41, 5.74) is 2.23. The largest absolute Gasteiger partial charge is 0.396 e. The van der Waals surface area contributed by atoms with Gasteiger partial charge in [0.05, 0.1) is 10.8 Å². The van der Waals surface area contributed by atoms with Gasteiger partial charge in [0.2, 0.25) is 0 Å². The Labute approximate surface area is 99.5 Å². The quantitative estimate of drug-likeness (QED) is 0.856. The first-order valence-corrected chi connectivity index (χ1v) is 6.60. The van der Waals surface area contributed by atoms with E-state index in [1.165, 1.54) is 5.56 Å². The molecule has 0 unspecified atom stereocenters. The third-order valence-electron chi connectivity index (χ3n) is 2.29. The van der Waals surface area contributed by atoms with E-state index in [0.717, 1.165) is 23.3 Å². The lowest BCUT2D eigenvalue weighted by Crippen LogP contribution is -1.90. The predicted molar refractivity (Wildman–Crippen MR) is 67.7 cm³/mol. The lowest BCUT2D eigenvalue weighted by molar-refractivity contribution is 0.288. The van der Waals surface area contributed by atoms with E-state index in [1.807, 2.05) is 38.1 Å². The maximum Gasteiger partial charge on any atom is 0.0775 e. The summed E-state index contributed by atoms with van der Waals surface area (Å²) in [5, 5.41) is 10.5. The van der Waals surface area contributed by atoms with Crippen molar-refractivity contribution in [3.05, 3.63) is 40.8 Å². The van der Waals surface area contributed by atoms with E-state index < -0.39 is 10.8 Å². The summed E-state index contributed by atoms with van der Waals surface area (Å²) >= 11 is 0. The van der Waals surface area contributed by atoms with Crippen molar-refractivity contribution < 1.29 is 9.32 Å². The Morgan fingerprint density at radius 1 is 1.38 bits per heavy atom. The molecule has 0 aromatic heterocycles. The van der Waals surface area contributed by atoms with Gasteiger partial charge in [-0.3, -0.25) is 0 Å². The molecule has 1 rings (SSSR count). The number of hydrogen-bond acceptors (Lipinski definition) is 2. The fourth-order valence-corrected chi connectivity index (χ4v) is 2.36. The molecule has 16 heavy (non-hydrogen) atoms. The molecule has 2 nitrogen and oxygen atoms in total. The van der Waals surface area contributed by atoms with Crippen LogP contribution in [0.5, 0.6) is 0 Å². The van der Waals surface area contributed by atoms with Crippen molar-refractivity contribution in [1.29, 1.82) is 0 Å². The van der Waals surface area contributed by atoms with Gasteiger partial charge in [-0.1, -0.05) is 23.3 Å². The molecule has 0 fully saturated rings. The predicted octanol–water partition coefficient (Wildman–Crippen LogP) is 2.78. The summed E-state index contributed by atoms with van der Waals surface area (Å²) in [7, 11) is -1.07. The van der Waals surface area contributed by atoms with Crippen LogP contribution >= 0.6 is 0 Å². The Bertz CT molecular complexity index is 379. The molecule has 1 atom stereocenters. The summed E-state index contributed by atoms with van der Waals surface area (Å²) in [6.45, 7) is 4.14. The van der Waals surface area contributed by atoms with Crippen LogP contribution in [-0.2, 0) is 10.8 Å². The lowest BCUT2D eigenvalue weighted by Gasteiger charge is -2.01. The van der Waals surface area contributed by atoms with Gasteiger partial charge in [-0.05, 0) is 38.8 Å². The van der Waals surface area contributed by atoms with Crippen LogP contribution in [0, 0.1) is 6.92 Å². The average Bonchev–Trinajstić information content (AvgIpc) is 2.27. The first-order chi connectivity index (χ1) is 7.63. The van der Waals surface area contributed by atoms with Crippen LogP contribution in [0.2, 0.25) is 0 Å². The molecule has 3 heteroatoms. The second-order valence-corrected chi connectivity index (χ2v) is 5.20. The minimum Gasteiger partial charge on any atom is -0.396 e. The van der Waals surface area contributed by atoms with Crippen molar-refractivity contribution in [3.63, 3.8) is 0 Å². The Balaban J connectivity index is 2.67. The second-order valence-electron chi connectivity index (χ2n) is 3.90. The maximum absolute atomic E-state index is 11.9. The average molecular weight is 238 g/mol. The second kappa shape index (κ2) is 6.61. The summed E-state index contributed by atoms with van der Waals surface area (Å²) in [5.74, 6) is 0. The van der Waals surface area contributed by atoms with E-state index >= 15 is 0 Å². The molecule has 0 aliphatic carbocycles. The molecule has 0 heterocycles. The number of benzene rings is 1. The summed E-state index contributed by atoms with van der Waals surface area (Å²) in [6, 6.07) is 7.71. The Morgan fingerprint density at radius 2 is 2.00 bits per heavy atom. The molecule has 0 saturated heterocycles. The van der Waals surface area contributed by atoms with Crippen molar-refractivity contribution in [1.82, 2.24) is 0 Å². The molecule has 0 saturated carbocycles. The molecular weight excluding hydrogens is 220 g/mol. The topological polar surface area (TPSA) is 37.3 Å². The van der Waals surface area contributed by atoms with Gasteiger partial charge in [0.15, 0.2) is 0 Å². The molecule has 1 aromatic carbocycles. The fourth-order valence-electron chi connectivity index (χ4n) is 1.34. The zero-order valence-corrected chi connectivity index (χ0v) is 10.6. The molecule has 0 aliphatic rings. The van der Waals surface area contributed by atoms with Gasteiger partial charge in [0, 0.05) is 16.9 Å². The number of rotatable bonds is 5. The number of aliphatic hydroxyl groups excluding tert-OH is 1. The molecule has 88 valence electrons. The third-order valence-corrected chi connectivity index (χ3v) is 3.64. The molecule has 0 aliphatic heterocycles. The lowest BCUT2D eigenvalue weighted by atomic mass is 10.2. The van der Waals surface area contributed by atoms with E-state index in [0.29, 0.717) is 0 Å². The van der Waals surface area contributed by atoms with Gasteiger partial charge >= 0.3 is 0 Å². The molecule has 0 spiro atoms. The zero-order valence-electron chi connectivity index (χ0n) is 9.77. The monoisotopic (exact) mass is 238 g/mol. The summed E-state index contributed by atoms with van der Waals surface area (Å²) < 4.78 is 11.9. The standard InChI is InChI=1S/C13H18O2S/c1-11-5-7-13(8-6-11)16(15)10-12(2)4-3-9-14/h5-8,10,14H,3-4,9H2,1-2H3/b12-10+/t16-/m1/s1. The molecule has 1 aromatic rings. The van der Waals surface area contributed by atoms with Crippen LogP contribution in [0.1, 0.15) is 25.3 Å². The molecule has 0 amide bonds. The third kappa shape index (κ3) is 4.29. The van der Waals surface area contributed by atoms with Crippen LogP contribution in [0.25, 0.3) is 0 Å². The number of aliphatic hydroxyl groups is 1. The number of aryl methyl sites for hydroxylation is 1. The minimum absolute atomic E-state index is 0.183. The number of hydrogen-bond donors (Lipinski definition) is 1. The summed E-state index contributed by atoms with van der Waals surface area (Å²) in [6.07, 6.45) is 1.53. The van der Waals surface area contributed by atoms with Gasteiger partial charge in [0.25, 0.3) is 0 Å². The molecule has 0 radical (unpaired) electrons. The highest BCUT2D eigenvalue weighted by molar-refractivity contribution is 7.88. The summed E-state index contributed by atoms with van der Waals surface area (Å²) in [4.78, 5) is 0.828. The van der Waals surface area contributed by atoms with E-state index in [2.05, 4.69) is 0 Å². The van der Waals surface area contributed by atoms with E-state index in [4.69, 9.17) is 5.11 Å². The van der Waals surface area contributed by atoms with Gasteiger partial charge in [-0.15, -0.1) is 0 Å². The highest BCUT2D eigenvalue weighted by Crippen LogP contribution is 2.12. The van der Waals surface area contributed by atoms with Gasteiger partial charge in [-0.25, -0.2) is 4.21 Å². The molecule has 1 N–H and O–H groups in total. The van der Waals surface area contributed by atoms with Crippen LogP contribution in [0.15, 0.2) is 40.1 Å². The zero-order chi connectivity index (χ0) is 12.0. The Hall–Kier alpha value is -0.930. The van der Waals surface area contributed by atoms with Crippen molar-refractivity contribution in [2.45, 2.75) is 31.6 Å². The smallest absolute Gasteiger partial charge is 0.0775 e. The first kappa shape index (κ1) is 13.1. The SMILES string of the molecule is C/C(=C\[S@@](=O)c1ccc(C)cc1)CCCO. The molecule has 0 bridgehead atoms. The first-order valence-electron chi connectivity index (χ1n) is 5.39. The van der Waals surface area contributed by atoms with Gasteiger partial charge < -0.3 is 5.11 Å². The van der Waals surface area contributed by atoms with Crippen molar-refractivity contribution in [2.24, 2.45) is 0 Å².